The first-order chi connectivity index (χ1) is 8.90. The van der Waals surface area contributed by atoms with Crippen LogP contribution in [-0.2, 0) is 21.2 Å². The molecule has 0 radical (unpaired) electrons. The molecular weight excluding hydrogens is 270 g/mol. The zero-order chi connectivity index (χ0) is 14.5. The summed E-state index contributed by atoms with van der Waals surface area (Å²) in [6.45, 7) is 1.22. The molecule has 0 heterocycles. The van der Waals surface area contributed by atoms with Crippen LogP contribution in [0, 0.1) is 0 Å². The van der Waals surface area contributed by atoms with Gasteiger partial charge in [0, 0.05) is 0 Å². The average Bonchev–Trinajstić information content (AvgIpc) is 2.37. The molecule has 0 aliphatic heterocycles. The topological polar surface area (TPSA) is 104 Å². The van der Waals surface area contributed by atoms with E-state index in [9.17, 15) is 13.2 Å². The van der Waals surface area contributed by atoms with Crippen molar-refractivity contribution in [3.63, 3.8) is 0 Å². The van der Waals surface area contributed by atoms with E-state index >= 15 is 0 Å². The molecule has 0 spiro atoms. The number of carboxylic acids is 1. The Morgan fingerprint density at radius 1 is 1.32 bits per heavy atom. The van der Waals surface area contributed by atoms with E-state index < -0.39 is 28.6 Å². The second-order valence-corrected chi connectivity index (χ2v) is 5.80. The van der Waals surface area contributed by atoms with Crippen LogP contribution in [0.15, 0.2) is 29.2 Å². The molecule has 0 fully saturated rings. The number of carboxylic acid groups (broad SMARTS) is 1. The molecule has 0 aliphatic rings. The Bertz CT molecular complexity index is 524. The predicted octanol–water partition coefficient (Wildman–Crippen LogP) is 0.363. The van der Waals surface area contributed by atoms with Gasteiger partial charge in [-0.3, -0.25) is 4.79 Å². The van der Waals surface area contributed by atoms with Crippen molar-refractivity contribution in [2.24, 2.45) is 0 Å². The highest BCUT2D eigenvalue weighted by molar-refractivity contribution is 7.89. The molecule has 19 heavy (non-hydrogen) atoms. The zero-order valence-corrected chi connectivity index (χ0v) is 11.4. The Kier molecular flexibility index (Phi) is 5.46. The van der Waals surface area contributed by atoms with Gasteiger partial charge in [-0.1, -0.05) is 25.5 Å². The van der Waals surface area contributed by atoms with Crippen molar-refractivity contribution in [2.75, 3.05) is 6.61 Å². The molecule has 7 heteroatoms. The number of rotatable bonds is 7. The van der Waals surface area contributed by atoms with Crippen LogP contribution in [0.5, 0.6) is 0 Å². The standard InChI is InChI=1S/C12H17NO5S/c1-2-3-9-4-6-10(7-5-9)19(17,18)13-11(8-14)12(15)16/h4-7,11,13-14H,2-3,8H2,1H3,(H,15,16)/t11-/m1/s1. The second-order valence-electron chi connectivity index (χ2n) is 4.09. The Morgan fingerprint density at radius 3 is 2.32 bits per heavy atom. The van der Waals surface area contributed by atoms with E-state index in [1.54, 1.807) is 12.1 Å². The maximum absolute atomic E-state index is 11.9. The summed E-state index contributed by atoms with van der Waals surface area (Å²) in [6, 6.07) is 4.67. The van der Waals surface area contributed by atoms with Crippen molar-refractivity contribution in [2.45, 2.75) is 30.7 Å². The first-order valence-electron chi connectivity index (χ1n) is 5.85. The fraction of sp³-hybridized carbons (Fsp3) is 0.417. The highest BCUT2D eigenvalue weighted by Gasteiger charge is 2.24. The van der Waals surface area contributed by atoms with Gasteiger partial charge in [-0.05, 0) is 24.1 Å². The molecule has 0 saturated heterocycles. The summed E-state index contributed by atoms with van der Waals surface area (Å²) in [7, 11) is -3.94. The van der Waals surface area contributed by atoms with E-state index in [1.807, 2.05) is 11.6 Å². The minimum Gasteiger partial charge on any atom is -0.480 e. The molecule has 0 aromatic heterocycles. The largest absolute Gasteiger partial charge is 0.480 e. The average molecular weight is 287 g/mol. The normalized spacial score (nSPS) is 13.2. The quantitative estimate of drug-likeness (QED) is 0.672. The van der Waals surface area contributed by atoms with Crippen molar-refractivity contribution in [3.8, 4) is 0 Å². The molecule has 0 bridgehead atoms. The van der Waals surface area contributed by atoms with Crippen LogP contribution >= 0.6 is 0 Å². The molecule has 6 nitrogen and oxygen atoms in total. The maximum Gasteiger partial charge on any atom is 0.324 e. The molecule has 1 atom stereocenters. The van der Waals surface area contributed by atoms with Crippen LogP contribution in [0.25, 0.3) is 0 Å². The summed E-state index contributed by atoms with van der Waals surface area (Å²) in [6.07, 6.45) is 1.80. The van der Waals surface area contributed by atoms with Gasteiger partial charge in [0.2, 0.25) is 10.0 Å². The summed E-state index contributed by atoms with van der Waals surface area (Å²) in [5, 5.41) is 17.5. The lowest BCUT2D eigenvalue weighted by atomic mass is 10.1. The van der Waals surface area contributed by atoms with E-state index in [1.165, 1.54) is 12.1 Å². The molecule has 3 N–H and O–H groups in total. The van der Waals surface area contributed by atoms with Crippen LogP contribution in [0.1, 0.15) is 18.9 Å². The molecule has 0 amide bonds. The van der Waals surface area contributed by atoms with Gasteiger partial charge in [-0.15, -0.1) is 0 Å². The van der Waals surface area contributed by atoms with E-state index in [0.29, 0.717) is 0 Å². The molecule has 106 valence electrons. The predicted molar refractivity (Wildman–Crippen MR) is 69.3 cm³/mol. The molecule has 1 aromatic carbocycles. The van der Waals surface area contributed by atoms with E-state index in [-0.39, 0.29) is 4.90 Å². The van der Waals surface area contributed by atoms with Gasteiger partial charge in [0.1, 0.15) is 6.04 Å². The SMILES string of the molecule is CCCc1ccc(S(=O)(=O)N[C@H](CO)C(=O)O)cc1. The van der Waals surface area contributed by atoms with Crippen molar-refractivity contribution in [1.82, 2.24) is 4.72 Å². The maximum atomic E-state index is 11.9. The van der Waals surface area contributed by atoms with Gasteiger partial charge >= 0.3 is 5.97 Å². The summed E-state index contributed by atoms with van der Waals surface area (Å²) in [4.78, 5) is 10.7. The van der Waals surface area contributed by atoms with E-state index in [0.717, 1.165) is 18.4 Å². The van der Waals surface area contributed by atoms with Crippen LogP contribution in [0.3, 0.4) is 0 Å². The Hall–Kier alpha value is -1.44. The van der Waals surface area contributed by atoms with Crippen molar-refractivity contribution >= 4 is 16.0 Å². The fourth-order valence-electron chi connectivity index (χ4n) is 1.55. The number of sulfonamides is 1. The molecule has 0 saturated carbocycles. The summed E-state index contributed by atoms with van der Waals surface area (Å²) in [5.41, 5.74) is 1.01. The van der Waals surface area contributed by atoms with Gasteiger partial charge in [0.15, 0.2) is 0 Å². The molecular formula is C12H17NO5S. The Morgan fingerprint density at radius 2 is 1.89 bits per heavy atom. The molecule has 0 unspecified atom stereocenters. The summed E-state index contributed by atoms with van der Waals surface area (Å²) >= 11 is 0. The number of hydrogen-bond acceptors (Lipinski definition) is 4. The number of aliphatic carboxylic acids is 1. The number of aliphatic hydroxyl groups excluding tert-OH is 1. The summed E-state index contributed by atoms with van der Waals surface area (Å²) in [5.74, 6) is -1.42. The third-order valence-corrected chi connectivity index (χ3v) is 4.04. The van der Waals surface area contributed by atoms with E-state index in [4.69, 9.17) is 10.2 Å². The second kappa shape index (κ2) is 6.65. The lowest BCUT2D eigenvalue weighted by Gasteiger charge is -2.12. The molecule has 1 rings (SSSR count). The molecule has 1 aromatic rings. The Labute approximate surface area is 112 Å². The molecule has 0 aliphatic carbocycles. The summed E-state index contributed by atoms with van der Waals surface area (Å²) < 4.78 is 25.7. The van der Waals surface area contributed by atoms with Crippen molar-refractivity contribution in [3.05, 3.63) is 29.8 Å². The van der Waals surface area contributed by atoms with Crippen LogP contribution < -0.4 is 4.72 Å². The van der Waals surface area contributed by atoms with Gasteiger partial charge in [0.05, 0.1) is 11.5 Å². The first kappa shape index (κ1) is 15.6. The van der Waals surface area contributed by atoms with Crippen LogP contribution in [0.4, 0.5) is 0 Å². The fourth-order valence-corrected chi connectivity index (χ4v) is 2.73. The number of aliphatic hydroxyl groups is 1. The minimum atomic E-state index is -3.94. The van der Waals surface area contributed by atoms with Gasteiger partial charge in [-0.25, -0.2) is 8.42 Å². The first-order valence-corrected chi connectivity index (χ1v) is 7.34. The smallest absolute Gasteiger partial charge is 0.324 e. The van der Waals surface area contributed by atoms with Gasteiger partial charge in [-0.2, -0.15) is 4.72 Å². The van der Waals surface area contributed by atoms with Crippen molar-refractivity contribution in [1.29, 1.82) is 0 Å². The minimum absolute atomic E-state index is 0.0212. The van der Waals surface area contributed by atoms with Crippen molar-refractivity contribution < 1.29 is 23.4 Å². The van der Waals surface area contributed by atoms with Crippen LogP contribution in [0.2, 0.25) is 0 Å². The van der Waals surface area contributed by atoms with Gasteiger partial charge < -0.3 is 10.2 Å². The number of carbonyl (C=O) groups is 1. The lowest BCUT2D eigenvalue weighted by Crippen LogP contribution is -2.43. The highest BCUT2D eigenvalue weighted by Crippen LogP contribution is 2.12. The lowest BCUT2D eigenvalue weighted by molar-refractivity contribution is -0.139. The zero-order valence-electron chi connectivity index (χ0n) is 10.5. The monoisotopic (exact) mass is 287 g/mol. The third kappa shape index (κ3) is 4.30. The number of hydrogen-bond donors (Lipinski definition) is 3. The highest BCUT2D eigenvalue weighted by atomic mass is 32.2. The number of nitrogens with one attached hydrogen (secondary N) is 1. The number of aryl methyl sites for hydroxylation is 1. The Balaban J connectivity index is 2.90. The van der Waals surface area contributed by atoms with Crippen LogP contribution in [-0.4, -0.2) is 37.2 Å². The van der Waals surface area contributed by atoms with E-state index in [2.05, 4.69) is 0 Å². The van der Waals surface area contributed by atoms with Gasteiger partial charge in [0.25, 0.3) is 0 Å². The number of benzene rings is 1. The third-order valence-electron chi connectivity index (χ3n) is 2.55.